The van der Waals surface area contributed by atoms with E-state index in [1.54, 1.807) is 7.11 Å². The van der Waals surface area contributed by atoms with Crippen molar-refractivity contribution in [2.24, 2.45) is 5.92 Å². The molecule has 7 heteroatoms. The Kier molecular flexibility index (Phi) is 6.63. The molecule has 1 saturated heterocycles. The van der Waals surface area contributed by atoms with E-state index in [1.165, 1.54) is 0 Å². The van der Waals surface area contributed by atoms with Crippen molar-refractivity contribution in [1.29, 1.82) is 0 Å². The van der Waals surface area contributed by atoms with Gasteiger partial charge in [-0.2, -0.15) is 0 Å². The second-order valence-electron chi connectivity index (χ2n) is 8.48. The van der Waals surface area contributed by atoms with Crippen LogP contribution in [0.2, 0.25) is 0 Å². The molecular weight excluding hydrogens is 404 g/mol. The summed E-state index contributed by atoms with van der Waals surface area (Å²) in [5, 5.41) is 3.04. The molecule has 0 radical (unpaired) electrons. The standard InChI is InChI=1S/C25H32N4O3/c1-4-28(5-2)22-12-9-17(15-26-22)16-27-25(31)21-14-23(30)29(19-10-11-19)24(21)18-7-6-8-20(13-18)32-3/h6-9,12-13,15,19,21,24H,4-5,10-11,14,16H2,1-3H3,(H,27,31)/t21-,24+/m0/s1. The zero-order valence-electron chi connectivity index (χ0n) is 19.1. The summed E-state index contributed by atoms with van der Waals surface area (Å²) in [6, 6.07) is 11.7. The van der Waals surface area contributed by atoms with E-state index in [9.17, 15) is 9.59 Å². The van der Waals surface area contributed by atoms with Crippen LogP contribution in [-0.4, -0.2) is 47.9 Å². The Bertz CT molecular complexity index is 954. The molecule has 2 aromatic rings. The van der Waals surface area contributed by atoms with E-state index < -0.39 is 5.92 Å². The lowest BCUT2D eigenvalue weighted by Crippen LogP contribution is -2.36. The van der Waals surface area contributed by atoms with Gasteiger partial charge in [0.15, 0.2) is 0 Å². The topological polar surface area (TPSA) is 74.8 Å². The van der Waals surface area contributed by atoms with Gasteiger partial charge in [0.1, 0.15) is 11.6 Å². The molecule has 32 heavy (non-hydrogen) atoms. The number of aromatic nitrogens is 1. The van der Waals surface area contributed by atoms with Gasteiger partial charge in [-0.25, -0.2) is 4.98 Å². The van der Waals surface area contributed by atoms with Crippen molar-refractivity contribution >= 4 is 17.6 Å². The average molecular weight is 437 g/mol. The molecule has 1 saturated carbocycles. The quantitative estimate of drug-likeness (QED) is 0.653. The first-order chi connectivity index (χ1) is 15.5. The van der Waals surface area contributed by atoms with Crippen LogP contribution in [-0.2, 0) is 16.1 Å². The number of likely N-dealkylation sites (tertiary alicyclic amines) is 1. The third-order valence-corrected chi connectivity index (χ3v) is 6.44. The highest BCUT2D eigenvalue weighted by molar-refractivity contribution is 5.90. The van der Waals surface area contributed by atoms with E-state index in [1.807, 2.05) is 47.5 Å². The van der Waals surface area contributed by atoms with Gasteiger partial charge in [0.25, 0.3) is 0 Å². The maximum absolute atomic E-state index is 13.2. The zero-order valence-corrected chi connectivity index (χ0v) is 19.1. The number of methoxy groups -OCH3 is 1. The monoisotopic (exact) mass is 436 g/mol. The number of rotatable bonds is 9. The van der Waals surface area contributed by atoms with Gasteiger partial charge in [-0.05, 0) is 56.0 Å². The number of ether oxygens (including phenoxy) is 1. The first-order valence-electron chi connectivity index (χ1n) is 11.5. The Morgan fingerprint density at radius 3 is 2.62 bits per heavy atom. The minimum absolute atomic E-state index is 0.0608. The molecule has 0 bridgehead atoms. The van der Waals surface area contributed by atoms with Gasteiger partial charge in [-0.15, -0.1) is 0 Å². The Hall–Kier alpha value is -3.09. The molecule has 0 spiro atoms. The van der Waals surface area contributed by atoms with E-state index >= 15 is 0 Å². The Balaban J connectivity index is 1.48. The molecule has 1 aliphatic heterocycles. The fourth-order valence-electron chi connectivity index (χ4n) is 4.57. The lowest BCUT2D eigenvalue weighted by atomic mass is 9.92. The van der Waals surface area contributed by atoms with Crippen LogP contribution >= 0.6 is 0 Å². The summed E-state index contributed by atoms with van der Waals surface area (Å²) in [5.41, 5.74) is 1.89. The molecule has 1 aromatic heterocycles. The Labute approximate surface area is 189 Å². The second kappa shape index (κ2) is 9.59. The summed E-state index contributed by atoms with van der Waals surface area (Å²) in [5.74, 6) is 1.21. The summed E-state index contributed by atoms with van der Waals surface area (Å²) >= 11 is 0. The highest BCUT2D eigenvalue weighted by Gasteiger charge is 2.49. The highest BCUT2D eigenvalue weighted by atomic mass is 16.5. The molecule has 1 aromatic carbocycles. The van der Waals surface area contributed by atoms with Crippen molar-refractivity contribution in [2.75, 3.05) is 25.1 Å². The highest BCUT2D eigenvalue weighted by Crippen LogP contribution is 2.45. The lowest BCUT2D eigenvalue weighted by Gasteiger charge is -2.28. The van der Waals surface area contributed by atoms with Crippen LogP contribution < -0.4 is 15.0 Å². The maximum Gasteiger partial charge on any atom is 0.226 e. The van der Waals surface area contributed by atoms with Gasteiger partial charge in [0.2, 0.25) is 11.8 Å². The van der Waals surface area contributed by atoms with E-state index in [0.717, 1.165) is 48.6 Å². The molecule has 2 fully saturated rings. The first-order valence-corrected chi connectivity index (χ1v) is 11.5. The predicted octanol–water partition coefficient (Wildman–Crippen LogP) is 3.30. The van der Waals surface area contributed by atoms with Crippen molar-refractivity contribution in [3.05, 3.63) is 53.7 Å². The fraction of sp³-hybridized carbons (Fsp3) is 0.480. The van der Waals surface area contributed by atoms with E-state index in [4.69, 9.17) is 4.74 Å². The largest absolute Gasteiger partial charge is 0.497 e. The number of hydrogen-bond donors (Lipinski definition) is 1. The number of anilines is 1. The maximum atomic E-state index is 13.2. The lowest BCUT2D eigenvalue weighted by molar-refractivity contribution is -0.129. The minimum atomic E-state index is -0.418. The molecular formula is C25H32N4O3. The average Bonchev–Trinajstić information content (AvgIpc) is 3.60. The molecule has 2 heterocycles. The molecule has 2 amide bonds. The summed E-state index contributed by atoms with van der Waals surface area (Å²) in [6.45, 7) is 6.40. The molecule has 1 aliphatic carbocycles. The van der Waals surface area contributed by atoms with Crippen LogP contribution in [0.1, 0.15) is 50.3 Å². The van der Waals surface area contributed by atoms with Crippen LogP contribution in [0.4, 0.5) is 5.82 Å². The third-order valence-electron chi connectivity index (χ3n) is 6.44. The molecule has 1 N–H and O–H groups in total. The summed E-state index contributed by atoms with van der Waals surface area (Å²) in [6.07, 6.45) is 4.06. The molecule has 7 nitrogen and oxygen atoms in total. The number of benzene rings is 1. The van der Waals surface area contributed by atoms with Gasteiger partial charge >= 0.3 is 0 Å². The van der Waals surface area contributed by atoms with Crippen LogP contribution in [0.15, 0.2) is 42.6 Å². The van der Waals surface area contributed by atoms with E-state index in [-0.39, 0.29) is 30.3 Å². The van der Waals surface area contributed by atoms with E-state index in [0.29, 0.717) is 6.54 Å². The molecule has 0 unspecified atom stereocenters. The van der Waals surface area contributed by atoms with Gasteiger partial charge in [-0.3, -0.25) is 9.59 Å². The minimum Gasteiger partial charge on any atom is -0.497 e. The number of nitrogens with one attached hydrogen (secondary N) is 1. The van der Waals surface area contributed by atoms with Crippen LogP contribution in [0.25, 0.3) is 0 Å². The number of carbonyl (C=O) groups excluding carboxylic acids is 2. The van der Waals surface area contributed by atoms with Crippen molar-refractivity contribution < 1.29 is 14.3 Å². The molecule has 4 rings (SSSR count). The van der Waals surface area contributed by atoms with E-state index in [2.05, 4.69) is 29.0 Å². The Morgan fingerprint density at radius 2 is 2.00 bits per heavy atom. The summed E-state index contributed by atoms with van der Waals surface area (Å²) < 4.78 is 5.38. The van der Waals surface area contributed by atoms with Crippen LogP contribution in [0.5, 0.6) is 5.75 Å². The zero-order chi connectivity index (χ0) is 22.7. The normalized spacial score (nSPS) is 20.3. The van der Waals surface area contributed by atoms with Crippen molar-refractivity contribution in [2.45, 2.75) is 51.7 Å². The molecule has 2 aliphatic rings. The number of amides is 2. The number of hydrogen-bond acceptors (Lipinski definition) is 5. The van der Waals surface area contributed by atoms with Gasteiger partial charge in [0.05, 0.1) is 19.1 Å². The van der Waals surface area contributed by atoms with Crippen molar-refractivity contribution in [1.82, 2.24) is 15.2 Å². The first kappa shape index (κ1) is 22.1. The SMILES string of the molecule is CCN(CC)c1ccc(CNC(=O)[C@H]2CC(=O)N(C3CC3)[C@@H]2c2cccc(OC)c2)cn1. The van der Waals surface area contributed by atoms with Crippen LogP contribution in [0, 0.1) is 5.92 Å². The van der Waals surface area contributed by atoms with Gasteiger partial charge in [0, 0.05) is 38.3 Å². The smallest absolute Gasteiger partial charge is 0.226 e. The molecule has 2 atom stereocenters. The van der Waals surface area contributed by atoms with Gasteiger partial charge in [-0.1, -0.05) is 18.2 Å². The second-order valence-corrected chi connectivity index (χ2v) is 8.48. The predicted molar refractivity (Wildman–Crippen MR) is 123 cm³/mol. The number of carbonyl (C=O) groups is 2. The number of pyridine rings is 1. The van der Waals surface area contributed by atoms with Gasteiger partial charge < -0.3 is 19.9 Å². The Morgan fingerprint density at radius 1 is 1.22 bits per heavy atom. The fourth-order valence-corrected chi connectivity index (χ4v) is 4.57. The third kappa shape index (κ3) is 4.56. The van der Waals surface area contributed by atoms with Crippen molar-refractivity contribution in [3.63, 3.8) is 0 Å². The number of nitrogens with zero attached hydrogens (tertiary/aromatic N) is 3. The summed E-state index contributed by atoms with van der Waals surface area (Å²) in [4.78, 5) is 34.7. The summed E-state index contributed by atoms with van der Waals surface area (Å²) in [7, 11) is 1.63. The molecule has 170 valence electrons. The van der Waals surface area contributed by atoms with Crippen molar-refractivity contribution in [3.8, 4) is 5.75 Å². The van der Waals surface area contributed by atoms with Crippen LogP contribution in [0.3, 0.4) is 0 Å².